The van der Waals surface area contributed by atoms with E-state index < -0.39 is 0 Å². The lowest BCUT2D eigenvalue weighted by Crippen LogP contribution is -2.32. The molecule has 1 amide bonds. The highest BCUT2D eigenvalue weighted by atomic mass is 16.2. The van der Waals surface area contributed by atoms with Crippen LogP contribution in [0, 0.1) is 18.8 Å². The number of hydrogen-bond acceptors (Lipinski definition) is 4. The molecule has 1 aliphatic heterocycles. The van der Waals surface area contributed by atoms with Gasteiger partial charge >= 0.3 is 0 Å². The number of likely N-dealkylation sites (tertiary alicyclic amines) is 1. The molecule has 0 saturated carbocycles. The minimum Gasteiger partial charge on any atom is -0.339 e. The zero-order valence-corrected chi connectivity index (χ0v) is 13.2. The van der Waals surface area contributed by atoms with E-state index >= 15 is 0 Å². The van der Waals surface area contributed by atoms with Gasteiger partial charge in [0.1, 0.15) is 5.82 Å². The first kappa shape index (κ1) is 15.8. The van der Waals surface area contributed by atoms with E-state index in [9.17, 15) is 4.79 Å². The highest BCUT2D eigenvalue weighted by Gasteiger charge is 2.23. The highest BCUT2D eigenvalue weighted by Crippen LogP contribution is 2.25. The van der Waals surface area contributed by atoms with E-state index in [1.807, 2.05) is 17.9 Å². The summed E-state index contributed by atoms with van der Waals surface area (Å²) in [6.45, 7) is 8.10. The number of hydrogen-bond donors (Lipinski definition) is 2. The Morgan fingerprint density at radius 3 is 2.81 bits per heavy atom. The predicted molar refractivity (Wildman–Crippen MR) is 84.9 cm³/mol. The van der Waals surface area contributed by atoms with Crippen LogP contribution in [0.5, 0.6) is 0 Å². The molecule has 0 radical (unpaired) electrons. The quantitative estimate of drug-likeness (QED) is 0.663. The summed E-state index contributed by atoms with van der Waals surface area (Å²) >= 11 is 0. The molecule has 0 spiro atoms. The maximum atomic E-state index is 12.7. The molecule has 1 saturated heterocycles. The molecule has 5 nitrogen and oxygen atoms in total. The highest BCUT2D eigenvalue weighted by molar-refractivity contribution is 5.95. The van der Waals surface area contributed by atoms with E-state index in [0.717, 1.165) is 37.5 Å². The molecule has 1 fully saturated rings. The summed E-state index contributed by atoms with van der Waals surface area (Å²) in [5.41, 5.74) is 3.98. The van der Waals surface area contributed by atoms with Gasteiger partial charge in [0.25, 0.3) is 5.91 Å². The Labute approximate surface area is 126 Å². The normalized spacial score (nSPS) is 19.5. The number of carbonyl (C=O) groups excluding carboxylic acids is 1. The number of pyridine rings is 1. The van der Waals surface area contributed by atoms with Crippen LogP contribution in [0.25, 0.3) is 0 Å². The summed E-state index contributed by atoms with van der Waals surface area (Å²) in [6, 6.07) is 3.55. The molecule has 116 valence electrons. The number of aryl methyl sites for hydroxylation is 1. The monoisotopic (exact) mass is 290 g/mol. The predicted octanol–water partition coefficient (Wildman–Crippen LogP) is 2.57. The van der Waals surface area contributed by atoms with E-state index in [1.165, 1.54) is 6.42 Å². The van der Waals surface area contributed by atoms with E-state index in [2.05, 4.69) is 24.3 Å². The molecule has 0 aromatic carbocycles. The molecule has 2 rings (SSSR count). The number of rotatable bonds is 3. The maximum Gasteiger partial charge on any atom is 0.254 e. The van der Waals surface area contributed by atoms with Crippen LogP contribution >= 0.6 is 0 Å². The van der Waals surface area contributed by atoms with Gasteiger partial charge in [0.2, 0.25) is 0 Å². The van der Waals surface area contributed by atoms with Crippen LogP contribution in [0.3, 0.4) is 0 Å². The van der Waals surface area contributed by atoms with Crippen LogP contribution in [0.15, 0.2) is 12.1 Å². The van der Waals surface area contributed by atoms with Crippen LogP contribution in [0.2, 0.25) is 0 Å². The average molecular weight is 290 g/mol. The van der Waals surface area contributed by atoms with Crippen molar-refractivity contribution in [3.05, 3.63) is 23.4 Å². The molecule has 21 heavy (non-hydrogen) atoms. The summed E-state index contributed by atoms with van der Waals surface area (Å²) in [5, 5.41) is 0. The lowest BCUT2D eigenvalue weighted by atomic mass is 9.89. The van der Waals surface area contributed by atoms with Crippen LogP contribution in [-0.4, -0.2) is 28.9 Å². The number of hydrazine groups is 1. The number of carbonyl (C=O) groups is 1. The molecule has 1 aliphatic rings. The third-order valence-corrected chi connectivity index (χ3v) is 4.35. The van der Waals surface area contributed by atoms with Gasteiger partial charge in [-0.3, -0.25) is 4.79 Å². The molecule has 0 bridgehead atoms. The average Bonchev–Trinajstić information content (AvgIpc) is 2.71. The van der Waals surface area contributed by atoms with Crippen molar-refractivity contribution in [2.75, 3.05) is 18.5 Å². The molecule has 0 aliphatic carbocycles. The minimum absolute atomic E-state index is 0.0846. The number of nitrogens with two attached hydrogens (primary N) is 1. The second kappa shape index (κ2) is 6.89. The number of aromatic nitrogens is 1. The van der Waals surface area contributed by atoms with Gasteiger partial charge in [-0.05, 0) is 50.2 Å². The fraction of sp³-hybridized carbons (Fsp3) is 0.625. The summed E-state index contributed by atoms with van der Waals surface area (Å²) in [5.74, 6) is 7.44. The molecule has 1 aromatic heterocycles. The van der Waals surface area contributed by atoms with E-state index in [4.69, 9.17) is 5.84 Å². The van der Waals surface area contributed by atoms with Gasteiger partial charge in [0.05, 0.1) is 0 Å². The van der Waals surface area contributed by atoms with Gasteiger partial charge in [0.15, 0.2) is 0 Å². The molecule has 1 aromatic rings. The fourth-order valence-electron chi connectivity index (χ4n) is 3.04. The van der Waals surface area contributed by atoms with Crippen molar-refractivity contribution in [1.82, 2.24) is 9.88 Å². The first-order chi connectivity index (χ1) is 10.0. The zero-order chi connectivity index (χ0) is 15.4. The maximum absolute atomic E-state index is 12.7. The molecular weight excluding hydrogens is 264 g/mol. The van der Waals surface area contributed by atoms with Crippen molar-refractivity contribution in [3.8, 4) is 0 Å². The lowest BCUT2D eigenvalue weighted by molar-refractivity contribution is 0.0758. The second-order valence-corrected chi connectivity index (χ2v) is 6.25. The van der Waals surface area contributed by atoms with E-state index in [0.29, 0.717) is 17.3 Å². The third kappa shape index (κ3) is 3.94. The first-order valence-corrected chi connectivity index (χ1v) is 7.76. The number of anilines is 1. The van der Waals surface area contributed by atoms with Gasteiger partial charge in [-0.1, -0.05) is 13.8 Å². The molecular formula is C16H26N4O. The Morgan fingerprint density at radius 1 is 1.38 bits per heavy atom. The Hall–Kier alpha value is -1.62. The lowest BCUT2D eigenvalue weighted by Gasteiger charge is -2.22. The molecule has 5 heteroatoms. The van der Waals surface area contributed by atoms with Gasteiger partial charge in [0, 0.05) is 24.3 Å². The molecule has 1 atom stereocenters. The molecule has 1 unspecified atom stereocenters. The van der Waals surface area contributed by atoms with Crippen LogP contribution in [0.4, 0.5) is 5.82 Å². The molecule has 3 N–H and O–H groups in total. The first-order valence-electron chi connectivity index (χ1n) is 7.76. The van der Waals surface area contributed by atoms with Crippen molar-refractivity contribution >= 4 is 11.7 Å². The Morgan fingerprint density at radius 2 is 2.14 bits per heavy atom. The number of nitrogens with one attached hydrogen (secondary N) is 1. The van der Waals surface area contributed by atoms with Crippen LogP contribution < -0.4 is 11.3 Å². The second-order valence-electron chi connectivity index (χ2n) is 6.25. The SMILES string of the molecule is Cc1cc(C(=O)N2CCCC(C(C)C)CC2)cc(NN)n1. The fourth-order valence-corrected chi connectivity index (χ4v) is 3.04. The number of nitrogens with zero attached hydrogens (tertiary/aromatic N) is 2. The van der Waals surface area contributed by atoms with Crippen LogP contribution in [-0.2, 0) is 0 Å². The summed E-state index contributed by atoms with van der Waals surface area (Å²) in [4.78, 5) is 18.9. The van der Waals surface area contributed by atoms with E-state index in [-0.39, 0.29) is 5.91 Å². The van der Waals surface area contributed by atoms with Crippen molar-refractivity contribution < 1.29 is 4.79 Å². The Kier molecular flexibility index (Phi) is 5.17. The van der Waals surface area contributed by atoms with Crippen LogP contribution in [0.1, 0.15) is 49.2 Å². The van der Waals surface area contributed by atoms with Crippen molar-refractivity contribution in [1.29, 1.82) is 0 Å². The Balaban J connectivity index is 2.11. The minimum atomic E-state index is 0.0846. The van der Waals surface area contributed by atoms with Crippen molar-refractivity contribution in [2.24, 2.45) is 17.7 Å². The summed E-state index contributed by atoms with van der Waals surface area (Å²) < 4.78 is 0. The van der Waals surface area contributed by atoms with Gasteiger partial charge in [-0.15, -0.1) is 0 Å². The summed E-state index contributed by atoms with van der Waals surface area (Å²) in [7, 11) is 0. The van der Waals surface area contributed by atoms with Gasteiger partial charge < -0.3 is 10.3 Å². The van der Waals surface area contributed by atoms with Crippen molar-refractivity contribution in [2.45, 2.75) is 40.0 Å². The number of nitrogen functional groups attached to an aromatic ring is 1. The number of amides is 1. The standard InChI is InChI=1S/C16H26N4O/c1-11(2)13-5-4-7-20(8-6-13)16(21)14-9-12(3)18-15(10-14)19-17/h9-11,13H,4-8,17H2,1-3H3,(H,18,19). The van der Waals surface area contributed by atoms with Crippen molar-refractivity contribution in [3.63, 3.8) is 0 Å². The van der Waals surface area contributed by atoms with Gasteiger partial charge in [-0.2, -0.15) is 0 Å². The topological polar surface area (TPSA) is 71.2 Å². The molecule has 2 heterocycles. The van der Waals surface area contributed by atoms with Gasteiger partial charge in [-0.25, -0.2) is 10.8 Å². The third-order valence-electron chi connectivity index (χ3n) is 4.35. The zero-order valence-electron chi connectivity index (χ0n) is 13.2. The summed E-state index contributed by atoms with van der Waals surface area (Å²) in [6.07, 6.45) is 3.39. The Bertz CT molecular complexity index is 501. The smallest absolute Gasteiger partial charge is 0.254 e. The van der Waals surface area contributed by atoms with E-state index in [1.54, 1.807) is 6.07 Å². The largest absolute Gasteiger partial charge is 0.339 e.